The minimum absolute atomic E-state index is 0.0795. The Labute approximate surface area is 169 Å². The Kier molecular flexibility index (Phi) is 4.44. The van der Waals surface area contributed by atoms with Crippen LogP contribution in [0, 0.1) is 17.8 Å². The highest BCUT2D eigenvalue weighted by molar-refractivity contribution is 5.68. The molecule has 1 aromatic heterocycles. The van der Waals surface area contributed by atoms with Crippen LogP contribution in [0.3, 0.4) is 0 Å². The third kappa shape index (κ3) is 3.24. The van der Waals surface area contributed by atoms with Crippen LogP contribution in [0.5, 0.6) is 0 Å². The third-order valence-corrected chi connectivity index (χ3v) is 7.38. The van der Waals surface area contributed by atoms with Gasteiger partial charge in [-0.25, -0.2) is 4.98 Å². The first-order valence-electron chi connectivity index (χ1n) is 10.9. The van der Waals surface area contributed by atoms with Gasteiger partial charge in [0, 0.05) is 44.1 Å². The van der Waals surface area contributed by atoms with Gasteiger partial charge in [0.25, 0.3) is 5.92 Å². The lowest BCUT2D eigenvalue weighted by molar-refractivity contribution is -0.137. The maximum absolute atomic E-state index is 14.8. The average molecular weight is 406 g/mol. The van der Waals surface area contributed by atoms with E-state index in [1.165, 1.54) is 0 Å². The fourth-order valence-electron chi connectivity index (χ4n) is 5.71. The summed E-state index contributed by atoms with van der Waals surface area (Å²) in [5.41, 5.74) is 0.523. The fraction of sp³-hybridized carbons (Fsp3) is 0.762. The van der Waals surface area contributed by atoms with E-state index in [2.05, 4.69) is 21.7 Å². The number of hydrogen-bond acceptors (Lipinski definition) is 5. The van der Waals surface area contributed by atoms with Crippen molar-refractivity contribution in [2.45, 2.75) is 63.8 Å². The van der Waals surface area contributed by atoms with E-state index in [-0.39, 0.29) is 30.5 Å². The first kappa shape index (κ1) is 19.0. The zero-order valence-electron chi connectivity index (χ0n) is 16.8. The number of rotatable bonds is 4. The normalized spacial score (nSPS) is 32.7. The third-order valence-electron chi connectivity index (χ3n) is 7.38. The van der Waals surface area contributed by atoms with Crippen molar-refractivity contribution < 1.29 is 18.7 Å². The van der Waals surface area contributed by atoms with E-state index in [0.29, 0.717) is 55.1 Å². The number of anilines is 2. The molecule has 1 N–H and O–H groups in total. The minimum atomic E-state index is -2.91. The van der Waals surface area contributed by atoms with Crippen molar-refractivity contribution in [1.82, 2.24) is 9.97 Å². The van der Waals surface area contributed by atoms with Crippen LogP contribution in [0.25, 0.3) is 0 Å². The molecule has 29 heavy (non-hydrogen) atoms. The van der Waals surface area contributed by atoms with Crippen molar-refractivity contribution in [3.05, 3.63) is 11.3 Å². The molecule has 1 aromatic rings. The quantitative estimate of drug-likeness (QED) is 0.826. The Morgan fingerprint density at radius 2 is 1.97 bits per heavy atom. The summed E-state index contributed by atoms with van der Waals surface area (Å²) in [6, 6.07) is 0.249. The lowest BCUT2D eigenvalue weighted by Gasteiger charge is -2.36. The van der Waals surface area contributed by atoms with E-state index in [1.807, 2.05) is 0 Å². The number of carbonyl (C=O) groups is 1. The largest absolute Gasteiger partial charge is 0.481 e. The number of hydrogen-bond donors (Lipinski definition) is 1. The summed E-state index contributed by atoms with van der Waals surface area (Å²) in [6.45, 7) is 4.34. The molecule has 3 fully saturated rings. The number of alkyl halides is 2. The number of carboxylic acid groups (broad SMARTS) is 1. The lowest BCUT2D eigenvalue weighted by Crippen LogP contribution is -2.40. The molecule has 4 atom stereocenters. The van der Waals surface area contributed by atoms with E-state index >= 15 is 0 Å². The molecule has 2 aliphatic carbocycles. The molecular formula is C21H28F2N4O2. The Bertz CT molecular complexity index is 821. The molecule has 0 amide bonds. The van der Waals surface area contributed by atoms with E-state index in [0.717, 1.165) is 25.8 Å². The highest BCUT2D eigenvalue weighted by Crippen LogP contribution is 2.55. The second-order valence-electron chi connectivity index (χ2n) is 9.26. The molecule has 0 spiro atoms. The number of carboxylic acids is 1. The molecule has 0 aromatic carbocycles. The van der Waals surface area contributed by atoms with Gasteiger partial charge in [-0.15, -0.1) is 0 Å². The summed E-state index contributed by atoms with van der Waals surface area (Å²) >= 11 is 0. The van der Waals surface area contributed by atoms with Gasteiger partial charge >= 0.3 is 5.97 Å². The van der Waals surface area contributed by atoms with Gasteiger partial charge < -0.3 is 14.9 Å². The molecule has 8 heteroatoms. The van der Waals surface area contributed by atoms with Crippen LogP contribution >= 0.6 is 0 Å². The lowest BCUT2D eigenvalue weighted by atomic mass is 9.92. The molecule has 3 heterocycles. The van der Waals surface area contributed by atoms with Crippen molar-refractivity contribution in [2.24, 2.45) is 17.8 Å². The first-order chi connectivity index (χ1) is 13.8. The second-order valence-corrected chi connectivity index (χ2v) is 9.26. The van der Waals surface area contributed by atoms with E-state index in [1.54, 1.807) is 0 Å². The molecular weight excluding hydrogens is 378 g/mol. The number of piperidine rings is 2. The molecule has 0 unspecified atom stereocenters. The van der Waals surface area contributed by atoms with E-state index < -0.39 is 11.9 Å². The Morgan fingerprint density at radius 3 is 2.66 bits per heavy atom. The molecule has 158 valence electrons. The van der Waals surface area contributed by atoms with Crippen LogP contribution in [0.15, 0.2) is 0 Å². The zero-order chi connectivity index (χ0) is 20.3. The maximum Gasteiger partial charge on any atom is 0.303 e. The predicted octanol–water partition coefficient (Wildman–Crippen LogP) is 3.44. The summed E-state index contributed by atoms with van der Waals surface area (Å²) in [5, 5.41) is 9.06. The van der Waals surface area contributed by atoms with Crippen LogP contribution in [-0.2, 0) is 17.1 Å². The Balaban J connectivity index is 1.48. The van der Waals surface area contributed by atoms with E-state index in [9.17, 15) is 13.6 Å². The monoisotopic (exact) mass is 406 g/mol. The van der Waals surface area contributed by atoms with Gasteiger partial charge in [-0.3, -0.25) is 4.79 Å². The number of aromatic nitrogens is 2. The topological polar surface area (TPSA) is 69.6 Å². The molecule has 5 rings (SSSR count). The van der Waals surface area contributed by atoms with Gasteiger partial charge in [-0.05, 0) is 56.8 Å². The first-order valence-corrected chi connectivity index (χ1v) is 10.9. The fourth-order valence-corrected chi connectivity index (χ4v) is 5.71. The van der Waals surface area contributed by atoms with Crippen LogP contribution in [-0.4, -0.2) is 46.7 Å². The van der Waals surface area contributed by atoms with Crippen LogP contribution in [0.4, 0.5) is 20.5 Å². The second kappa shape index (κ2) is 6.77. The van der Waals surface area contributed by atoms with Gasteiger partial charge in [0.2, 0.25) is 5.95 Å². The molecule has 0 radical (unpaired) electrons. The predicted molar refractivity (Wildman–Crippen MR) is 104 cm³/mol. The maximum atomic E-state index is 14.8. The molecule has 0 bridgehead atoms. The SMILES string of the molecule is C[C@H]1CCCCN1c1nc(N2C[C@@H]3[C@@H](CC(=O)O)[C@@H]3C2)c2c(n1)C(F)(F)CCC2. The van der Waals surface area contributed by atoms with Crippen LogP contribution in [0.2, 0.25) is 0 Å². The molecule has 4 aliphatic rings. The summed E-state index contributed by atoms with van der Waals surface area (Å²) in [4.78, 5) is 24.5. The molecule has 2 aliphatic heterocycles. The van der Waals surface area contributed by atoms with Gasteiger partial charge in [0.05, 0.1) is 0 Å². The standard InChI is InChI=1S/C21H28F2N4O2/c1-12-5-2-3-8-27(12)20-24-18-13(6-4-7-21(18,22)23)19(25-20)26-10-15-14(9-17(28)29)16(15)11-26/h12,14-16H,2-11H2,1H3,(H,28,29)/t12-,14-,15-,16+/m0/s1. The number of fused-ring (bicyclic) bond motifs is 2. The molecule has 2 saturated heterocycles. The van der Waals surface area contributed by atoms with Gasteiger partial charge in [0.1, 0.15) is 11.5 Å². The minimum Gasteiger partial charge on any atom is -0.481 e. The van der Waals surface area contributed by atoms with Gasteiger partial charge in [-0.2, -0.15) is 13.8 Å². The summed E-state index contributed by atoms with van der Waals surface area (Å²) < 4.78 is 29.6. The summed E-state index contributed by atoms with van der Waals surface area (Å²) in [7, 11) is 0. The summed E-state index contributed by atoms with van der Waals surface area (Å²) in [6.07, 6.45) is 4.28. The Morgan fingerprint density at radius 1 is 1.21 bits per heavy atom. The highest BCUT2D eigenvalue weighted by atomic mass is 19.3. The van der Waals surface area contributed by atoms with Crippen molar-refractivity contribution in [1.29, 1.82) is 0 Å². The molecule has 1 saturated carbocycles. The number of aliphatic carboxylic acids is 1. The summed E-state index contributed by atoms with van der Waals surface area (Å²) in [5.74, 6) is -1.64. The van der Waals surface area contributed by atoms with E-state index in [4.69, 9.17) is 10.1 Å². The number of nitrogens with zero attached hydrogens (tertiary/aromatic N) is 4. The van der Waals surface area contributed by atoms with Gasteiger partial charge in [-0.1, -0.05) is 0 Å². The smallest absolute Gasteiger partial charge is 0.303 e. The van der Waals surface area contributed by atoms with Crippen LogP contribution < -0.4 is 9.80 Å². The zero-order valence-corrected chi connectivity index (χ0v) is 16.8. The van der Waals surface area contributed by atoms with Crippen molar-refractivity contribution in [2.75, 3.05) is 29.4 Å². The van der Waals surface area contributed by atoms with Gasteiger partial charge in [0.15, 0.2) is 0 Å². The molecule has 6 nitrogen and oxygen atoms in total. The van der Waals surface area contributed by atoms with Crippen molar-refractivity contribution >= 4 is 17.7 Å². The highest BCUT2D eigenvalue weighted by Gasteiger charge is 2.57. The van der Waals surface area contributed by atoms with Crippen molar-refractivity contribution in [3.63, 3.8) is 0 Å². The Hall–Kier alpha value is -1.99. The van der Waals surface area contributed by atoms with Crippen LogP contribution in [0.1, 0.15) is 56.7 Å². The number of halogens is 2. The van der Waals surface area contributed by atoms with Crippen molar-refractivity contribution in [3.8, 4) is 0 Å². The average Bonchev–Trinajstić information content (AvgIpc) is 3.10.